The molecule has 7 heteroatoms. The van der Waals surface area contributed by atoms with E-state index in [4.69, 9.17) is 17.0 Å². The summed E-state index contributed by atoms with van der Waals surface area (Å²) in [6.07, 6.45) is -4.39. The van der Waals surface area contributed by atoms with Crippen LogP contribution in [0.3, 0.4) is 0 Å². The highest BCUT2D eigenvalue weighted by atomic mass is 32.1. The van der Waals surface area contributed by atoms with E-state index in [-0.39, 0.29) is 10.8 Å². The summed E-state index contributed by atoms with van der Waals surface area (Å²) in [6.45, 7) is 2.46. The maximum Gasteiger partial charge on any atom is 0.416 e. The van der Waals surface area contributed by atoms with Crippen molar-refractivity contribution >= 4 is 28.7 Å². The second-order valence-electron chi connectivity index (χ2n) is 4.62. The Hall–Kier alpha value is -2.28. The molecule has 23 heavy (non-hydrogen) atoms. The zero-order valence-electron chi connectivity index (χ0n) is 12.3. The molecule has 2 aromatic carbocycles. The first kappa shape index (κ1) is 17.1. The summed E-state index contributed by atoms with van der Waals surface area (Å²) in [4.78, 5) is 0. The van der Waals surface area contributed by atoms with Crippen molar-refractivity contribution in [3.05, 3.63) is 54.1 Å². The van der Waals surface area contributed by atoms with Gasteiger partial charge in [0.1, 0.15) is 5.75 Å². The number of ether oxygens (including phenoxy) is 1. The number of benzene rings is 2. The third-order valence-electron chi connectivity index (χ3n) is 2.87. The lowest BCUT2D eigenvalue weighted by atomic mass is 10.2. The number of halogens is 3. The molecule has 0 heterocycles. The Kier molecular flexibility index (Phi) is 5.44. The summed E-state index contributed by atoms with van der Waals surface area (Å²) in [5.41, 5.74) is 0.243. The first-order valence-corrected chi connectivity index (χ1v) is 7.27. The van der Waals surface area contributed by atoms with E-state index in [1.165, 1.54) is 12.1 Å². The Bertz CT molecular complexity index is 672. The number of nitrogens with one attached hydrogen (secondary N) is 2. The fourth-order valence-corrected chi connectivity index (χ4v) is 2.10. The Morgan fingerprint density at radius 3 is 2.30 bits per heavy atom. The van der Waals surface area contributed by atoms with Crippen LogP contribution in [0.2, 0.25) is 0 Å². The minimum atomic E-state index is -4.39. The molecule has 0 aromatic heterocycles. The number of thiocarbonyl (C=S) groups is 1. The Labute approximate surface area is 137 Å². The molecule has 0 radical (unpaired) electrons. The molecular weight excluding hydrogens is 325 g/mol. The first-order valence-electron chi connectivity index (χ1n) is 6.86. The van der Waals surface area contributed by atoms with Crippen LogP contribution in [0, 0.1) is 0 Å². The molecule has 0 aliphatic rings. The molecule has 3 nitrogen and oxygen atoms in total. The lowest BCUT2D eigenvalue weighted by Crippen LogP contribution is -2.19. The highest BCUT2D eigenvalue weighted by molar-refractivity contribution is 7.80. The van der Waals surface area contributed by atoms with Crippen LogP contribution in [0.25, 0.3) is 0 Å². The van der Waals surface area contributed by atoms with Gasteiger partial charge < -0.3 is 15.4 Å². The quantitative estimate of drug-likeness (QED) is 0.775. The van der Waals surface area contributed by atoms with E-state index < -0.39 is 11.7 Å². The molecule has 0 bridgehead atoms. The molecule has 0 unspecified atom stereocenters. The second kappa shape index (κ2) is 7.32. The molecule has 0 amide bonds. The predicted octanol–water partition coefficient (Wildman–Crippen LogP) is 4.91. The molecule has 0 aliphatic heterocycles. The summed E-state index contributed by atoms with van der Waals surface area (Å²) in [5.74, 6) is 0.731. The molecule has 0 fully saturated rings. The predicted molar refractivity (Wildman–Crippen MR) is 88.9 cm³/mol. The Morgan fingerprint density at radius 1 is 1.04 bits per heavy atom. The van der Waals surface area contributed by atoms with Crippen LogP contribution in [0.1, 0.15) is 12.5 Å². The maximum absolute atomic E-state index is 12.7. The maximum atomic E-state index is 12.7. The number of rotatable bonds is 4. The van der Waals surface area contributed by atoms with Gasteiger partial charge >= 0.3 is 6.18 Å². The average Bonchev–Trinajstić information content (AvgIpc) is 2.49. The zero-order chi connectivity index (χ0) is 16.9. The minimum Gasteiger partial charge on any atom is -0.494 e. The van der Waals surface area contributed by atoms with Crippen LogP contribution in [-0.2, 0) is 6.18 Å². The summed E-state index contributed by atoms with van der Waals surface area (Å²) < 4.78 is 43.3. The number of hydrogen-bond acceptors (Lipinski definition) is 2. The van der Waals surface area contributed by atoms with Gasteiger partial charge in [0.05, 0.1) is 12.2 Å². The highest BCUT2D eigenvalue weighted by Crippen LogP contribution is 2.30. The van der Waals surface area contributed by atoms with Crippen molar-refractivity contribution in [1.82, 2.24) is 0 Å². The van der Waals surface area contributed by atoms with Crippen LogP contribution < -0.4 is 15.4 Å². The molecule has 2 N–H and O–H groups in total. The smallest absolute Gasteiger partial charge is 0.416 e. The van der Waals surface area contributed by atoms with Crippen molar-refractivity contribution in [3.8, 4) is 5.75 Å². The molecule has 0 spiro atoms. The lowest BCUT2D eigenvalue weighted by molar-refractivity contribution is -0.137. The van der Waals surface area contributed by atoms with Crippen LogP contribution in [0.5, 0.6) is 5.75 Å². The van der Waals surface area contributed by atoms with Crippen LogP contribution in [0.4, 0.5) is 24.5 Å². The van der Waals surface area contributed by atoms with Crippen molar-refractivity contribution in [2.24, 2.45) is 0 Å². The van der Waals surface area contributed by atoms with Gasteiger partial charge in [-0.1, -0.05) is 6.07 Å². The van der Waals surface area contributed by atoms with Gasteiger partial charge in [-0.15, -0.1) is 0 Å². The summed E-state index contributed by atoms with van der Waals surface area (Å²) in [5, 5.41) is 5.84. The highest BCUT2D eigenvalue weighted by Gasteiger charge is 2.30. The van der Waals surface area contributed by atoms with Gasteiger partial charge in [0, 0.05) is 11.4 Å². The van der Waals surface area contributed by atoms with Crippen molar-refractivity contribution in [1.29, 1.82) is 0 Å². The average molecular weight is 340 g/mol. The molecule has 0 atom stereocenters. The fourth-order valence-electron chi connectivity index (χ4n) is 1.87. The molecule has 2 rings (SSSR count). The molecule has 0 aliphatic carbocycles. The van der Waals surface area contributed by atoms with Crippen LogP contribution in [-0.4, -0.2) is 11.7 Å². The van der Waals surface area contributed by atoms with E-state index in [9.17, 15) is 13.2 Å². The molecular formula is C16H15F3N2OS. The first-order chi connectivity index (χ1) is 10.9. The fraction of sp³-hybridized carbons (Fsp3) is 0.188. The van der Waals surface area contributed by atoms with Crippen LogP contribution in [0.15, 0.2) is 48.5 Å². The van der Waals surface area contributed by atoms with E-state index in [2.05, 4.69) is 10.6 Å². The molecule has 2 aromatic rings. The van der Waals surface area contributed by atoms with Gasteiger partial charge in [-0.05, 0) is 61.6 Å². The summed E-state index contributed by atoms with van der Waals surface area (Å²) in [6, 6.07) is 11.9. The van der Waals surface area contributed by atoms with E-state index >= 15 is 0 Å². The summed E-state index contributed by atoms with van der Waals surface area (Å²) in [7, 11) is 0. The molecule has 0 saturated carbocycles. The zero-order valence-corrected chi connectivity index (χ0v) is 13.1. The largest absolute Gasteiger partial charge is 0.494 e. The normalized spacial score (nSPS) is 11.0. The van der Waals surface area contributed by atoms with Gasteiger partial charge in [-0.3, -0.25) is 0 Å². The minimum absolute atomic E-state index is 0.202. The number of alkyl halides is 3. The van der Waals surface area contributed by atoms with E-state index in [0.717, 1.165) is 17.9 Å². The molecule has 122 valence electrons. The van der Waals surface area contributed by atoms with Crippen molar-refractivity contribution in [3.63, 3.8) is 0 Å². The van der Waals surface area contributed by atoms with Gasteiger partial charge in [0.25, 0.3) is 0 Å². The van der Waals surface area contributed by atoms with Crippen LogP contribution >= 0.6 is 12.2 Å². The second-order valence-corrected chi connectivity index (χ2v) is 5.02. The van der Waals surface area contributed by atoms with Gasteiger partial charge in [-0.25, -0.2) is 0 Å². The third kappa shape index (κ3) is 5.14. The SMILES string of the molecule is CCOc1ccc(NC(=S)Nc2cccc(C(F)(F)F)c2)cc1. The summed E-state index contributed by atoms with van der Waals surface area (Å²) >= 11 is 5.10. The van der Waals surface area contributed by atoms with Gasteiger partial charge in [-0.2, -0.15) is 13.2 Å². The Balaban J connectivity index is 1.99. The lowest BCUT2D eigenvalue weighted by Gasteiger charge is -2.13. The van der Waals surface area contributed by atoms with E-state index in [1.54, 1.807) is 24.3 Å². The standard InChI is InChI=1S/C16H15F3N2OS/c1-2-22-14-8-6-12(7-9-14)20-15(23)21-13-5-3-4-11(10-13)16(17,18)19/h3-10H,2H2,1H3,(H2,20,21,23). The monoisotopic (exact) mass is 340 g/mol. The third-order valence-corrected chi connectivity index (χ3v) is 3.08. The van der Waals surface area contributed by atoms with E-state index in [0.29, 0.717) is 12.3 Å². The van der Waals surface area contributed by atoms with Crippen molar-refractivity contribution in [2.75, 3.05) is 17.2 Å². The number of anilines is 2. The Morgan fingerprint density at radius 2 is 1.70 bits per heavy atom. The van der Waals surface area contributed by atoms with Crippen molar-refractivity contribution in [2.45, 2.75) is 13.1 Å². The van der Waals surface area contributed by atoms with Gasteiger partial charge in [0.2, 0.25) is 0 Å². The van der Waals surface area contributed by atoms with Crippen molar-refractivity contribution < 1.29 is 17.9 Å². The van der Waals surface area contributed by atoms with Gasteiger partial charge in [0.15, 0.2) is 5.11 Å². The van der Waals surface area contributed by atoms with E-state index in [1.807, 2.05) is 6.92 Å². The molecule has 0 saturated heterocycles. The topological polar surface area (TPSA) is 33.3 Å². The number of hydrogen-bond donors (Lipinski definition) is 2.